The molecule has 0 aliphatic rings. The lowest BCUT2D eigenvalue weighted by Gasteiger charge is -2.22. The normalized spacial score (nSPS) is 11.3. The number of hydrogen-bond acceptors (Lipinski definition) is 3. The summed E-state index contributed by atoms with van der Waals surface area (Å²) in [4.78, 5) is 14.5. The number of amides is 1. The number of nitrogens with zero attached hydrogens (tertiary/aromatic N) is 1. The second-order valence-corrected chi connectivity index (χ2v) is 8.30. The second-order valence-electron chi connectivity index (χ2n) is 5.76. The van der Waals surface area contributed by atoms with Gasteiger partial charge in [0.1, 0.15) is 0 Å². The lowest BCUT2D eigenvalue weighted by atomic mass is 10.2. The first-order valence-corrected chi connectivity index (χ1v) is 10.3. The highest BCUT2D eigenvalue weighted by Gasteiger charge is 2.20. The molecule has 0 unspecified atom stereocenters. The molecule has 0 atom stereocenters. The maximum Gasteiger partial charge on any atom is 0.228 e. The summed E-state index contributed by atoms with van der Waals surface area (Å²) >= 11 is 5.79. The third kappa shape index (κ3) is 5.58. The van der Waals surface area contributed by atoms with E-state index in [9.17, 15) is 13.2 Å². The van der Waals surface area contributed by atoms with Crippen LogP contribution >= 0.6 is 11.6 Å². The van der Waals surface area contributed by atoms with Crippen LogP contribution in [0.25, 0.3) is 0 Å². The van der Waals surface area contributed by atoms with E-state index in [0.29, 0.717) is 11.6 Å². The molecule has 0 fully saturated rings. The van der Waals surface area contributed by atoms with Crippen LogP contribution in [0.2, 0.25) is 5.02 Å². The van der Waals surface area contributed by atoms with Crippen molar-refractivity contribution in [3.8, 4) is 0 Å². The van der Waals surface area contributed by atoms with Crippen LogP contribution in [0.5, 0.6) is 0 Å². The summed E-state index contributed by atoms with van der Waals surface area (Å²) in [5.41, 5.74) is 0.796. The molecule has 1 amide bonds. The van der Waals surface area contributed by atoms with E-state index in [2.05, 4.69) is 6.92 Å². The van der Waals surface area contributed by atoms with Crippen molar-refractivity contribution in [2.45, 2.75) is 31.1 Å². The zero-order chi connectivity index (χ0) is 18.3. The summed E-state index contributed by atoms with van der Waals surface area (Å²) in [5, 5.41) is 0.477. The van der Waals surface area contributed by atoms with E-state index in [1.165, 1.54) is 24.3 Å². The number of carbonyl (C=O) groups is 1. The highest BCUT2D eigenvalue weighted by molar-refractivity contribution is 7.91. The summed E-state index contributed by atoms with van der Waals surface area (Å²) in [6.45, 7) is 2.64. The number of carbonyl (C=O) groups excluding carboxylic acids is 1. The third-order valence-electron chi connectivity index (χ3n) is 3.86. The highest BCUT2D eigenvalue weighted by Crippen LogP contribution is 2.19. The highest BCUT2D eigenvalue weighted by atomic mass is 35.5. The molecular weight excluding hydrogens is 358 g/mol. The number of para-hydroxylation sites is 1. The summed E-state index contributed by atoms with van der Waals surface area (Å²) in [6.07, 6.45) is 1.77. The van der Waals surface area contributed by atoms with Gasteiger partial charge in [0, 0.05) is 23.7 Å². The van der Waals surface area contributed by atoms with Crippen molar-refractivity contribution >= 4 is 33.0 Å². The maximum atomic E-state index is 12.6. The fourth-order valence-corrected chi connectivity index (χ4v) is 3.79. The fraction of sp³-hybridized carbons (Fsp3) is 0.316. The Morgan fingerprint density at radius 3 is 2.28 bits per heavy atom. The number of sulfone groups is 1. The first-order chi connectivity index (χ1) is 11.9. The van der Waals surface area contributed by atoms with Gasteiger partial charge in [-0.05, 0) is 42.8 Å². The van der Waals surface area contributed by atoms with E-state index in [-0.39, 0.29) is 23.0 Å². The van der Waals surface area contributed by atoms with Gasteiger partial charge in [-0.15, -0.1) is 0 Å². The molecule has 0 radical (unpaired) electrons. The van der Waals surface area contributed by atoms with Crippen LogP contribution < -0.4 is 4.90 Å². The summed E-state index contributed by atoms with van der Waals surface area (Å²) < 4.78 is 24.8. The Hall–Kier alpha value is -1.85. The predicted molar refractivity (Wildman–Crippen MR) is 102 cm³/mol. The van der Waals surface area contributed by atoms with Crippen LogP contribution in [0.15, 0.2) is 59.5 Å². The largest absolute Gasteiger partial charge is 0.312 e. The van der Waals surface area contributed by atoms with Crippen LogP contribution in [0.1, 0.15) is 26.2 Å². The SMILES string of the molecule is CCCCN(C(=O)CCS(=O)(=O)c1ccc(Cl)cc1)c1ccccc1. The average Bonchev–Trinajstić information content (AvgIpc) is 2.62. The summed E-state index contributed by atoms with van der Waals surface area (Å²) in [6, 6.07) is 15.3. The van der Waals surface area contributed by atoms with Crippen molar-refractivity contribution in [2.24, 2.45) is 0 Å². The van der Waals surface area contributed by atoms with Crippen molar-refractivity contribution in [3.05, 3.63) is 59.6 Å². The van der Waals surface area contributed by atoms with E-state index in [1.54, 1.807) is 4.90 Å². The van der Waals surface area contributed by atoms with Gasteiger partial charge in [-0.3, -0.25) is 4.79 Å². The third-order valence-corrected chi connectivity index (χ3v) is 5.85. The van der Waals surface area contributed by atoms with E-state index < -0.39 is 9.84 Å². The lowest BCUT2D eigenvalue weighted by molar-refractivity contribution is -0.118. The van der Waals surface area contributed by atoms with Crippen molar-refractivity contribution in [1.82, 2.24) is 0 Å². The van der Waals surface area contributed by atoms with Crippen molar-refractivity contribution in [3.63, 3.8) is 0 Å². The Balaban J connectivity index is 2.08. The Kier molecular flexibility index (Phi) is 7.02. The molecule has 6 heteroatoms. The van der Waals surface area contributed by atoms with E-state index in [0.717, 1.165) is 18.5 Å². The Bertz CT molecular complexity index is 789. The minimum absolute atomic E-state index is 0.0520. The zero-order valence-corrected chi connectivity index (χ0v) is 15.8. The van der Waals surface area contributed by atoms with Gasteiger partial charge >= 0.3 is 0 Å². The van der Waals surface area contributed by atoms with Crippen LogP contribution in [0, 0.1) is 0 Å². The molecule has 2 aromatic rings. The van der Waals surface area contributed by atoms with E-state index >= 15 is 0 Å². The van der Waals surface area contributed by atoms with E-state index in [4.69, 9.17) is 11.6 Å². The maximum absolute atomic E-state index is 12.6. The topological polar surface area (TPSA) is 54.5 Å². The predicted octanol–water partition coefficient (Wildman–Crippen LogP) is 4.34. The molecule has 0 aromatic heterocycles. The molecule has 0 bridgehead atoms. The first-order valence-electron chi connectivity index (χ1n) is 8.28. The average molecular weight is 380 g/mol. The molecule has 0 spiro atoms. The first kappa shape index (κ1) is 19.5. The van der Waals surface area contributed by atoms with Gasteiger partial charge in [0.15, 0.2) is 9.84 Å². The molecule has 0 N–H and O–H groups in total. The number of halogens is 1. The number of rotatable bonds is 8. The second kappa shape index (κ2) is 9.02. The van der Waals surface area contributed by atoms with Gasteiger partial charge in [-0.2, -0.15) is 0 Å². The van der Waals surface area contributed by atoms with Gasteiger partial charge in [-0.1, -0.05) is 43.1 Å². The van der Waals surface area contributed by atoms with Gasteiger partial charge < -0.3 is 4.90 Å². The van der Waals surface area contributed by atoms with Gasteiger partial charge in [0.2, 0.25) is 5.91 Å². The van der Waals surface area contributed by atoms with Crippen molar-refractivity contribution in [2.75, 3.05) is 17.2 Å². The molecular formula is C19H22ClNO3S. The standard InChI is InChI=1S/C19H22ClNO3S/c1-2-3-14-21(17-7-5-4-6-8-17)19(22)13-15-25(23,24)18-11-9-16(20)10-12-18/h4-12H,2-3,13-15H2,1H3. The molecule has 2 rings (SSSR count). The number of hydrogen-bond donors (Lipinski definition) is 0. The number of anilines is 1. The number of benzene rings is 2. The molecule has 0 aliphatic carbocycles. The minimum atomic E-state index is -3.51. The van der Waals surface area contributed by atoms with Crippen molar-refractivity contribution in [1.29, 1.82) is 0 Å². The Morgan fingerprint density at radius 1 is 1.04 bits per heavy atom. The Labute approximate surface area is 154 Å². The summed E-state index contributed by atoms with van der Waals surface area (Å²) in [7, 11) is -3.51. The molecule has 134 valence electrons. The fourth-order valence-electron chi connectivity index (χ4n) is 2.44. The lowest BCUT2D eigenvalue weighted by Crippen LogP contribution is -2.33. The molecule has 0 heterocycles. The van der Waals surface area contributed by atoms with Crippen molar-refractivity contribution < 1.29 is 13.2 Å². The smallest absolute Gasteiger partial charge is 0.228 e. The zero-order valence-electron chi connectivity index (χ0n) is 14.2. The molecule has 0 saturated heterocycles. The minimum Gasteiger partial charge on any atom is -0.312 e. The van der Waals surface area contributed by atoms with Crippen LogP contribution in [0.4, 0.5) is 5.69 Å². The van der Waals surface area contributed by atoms with Crippen LogP contribution in [0.3, 0.4) is 0 Å². The monoisotopic (exact) mass is 379 g/mol. The summed E-state index contributed by atoms with van der Waals surface area (Å²) in [5.74, 6) is -0.402. The van der Waals surface area contributed by atoms with Crippen LogP contribution in [-0.4, -0.2) is 26.6 Å². The van der Waals surface area contributed by atoms with Gasteiger partial charge in [-0.25, -0.2) is 8.42 Å². The molecule has 4 nitrogen and oxygen atoms in total. The number of unbranched alkanes of at least 4 members (excludes halogenated alkanes) is 1. The molecule has 2 aromatic carbocycles. The van der Waals surface area contributed by atoms with Crippen LogP contribution in [-0.2, 0) is 14.6 Å². The molecule has 25 heavy (non-hydrogen) atoms. The molecule has 0 saturated carbocycles. The van der Waals surface area contributed by atoms with Gasteiger partial charge in [0.25, 0.3) is 0 Å². The molecule has 0 aliphatic heterocycles. The van der Waals surface area contributed by atoms with Gasteiger partial charge in [0.05, 0.1) is 10.6 Å². The Morgan fingerprint density at radius 2 is 1.68 bits per heavy atom. The van der Waals surface area contributed by atoms with E-state index in [1.807, 2.05) is 30.3 Å². The quantitative estimate of drug-likeness (QED) is 0.685.